The van der Waals surface area contributed by atoms with Gasteiger partial charge in [0.1, 0.15) is 11.1 Å². The Morgan fingerprint density at radius 1 is 1.24 bits per heavy atom. The Bertz CT molecular complexity index is 1030. The number of hydrogen-bond acceptors (Lipinski definition) is 5. The number of fused-ring (bicyclic) bond motifs is 1. The third-order valence-corrected chi connectivity index (χ3v) is 7.45. The van der Waals surface area contributed by atoms with Gasteiger partial charge in [-0.15, -0.1) is 22.7 Å². The Balaban J connectivity index is 1.46. The number of thiophene rings is 2. The fraction of sp³-hybridized carbons (Fsp3) is 0.304. The molecule has 6 heteroatoms. The molecule has 1 aliphatic carbocycles. The topological polar surface area (TPSA) is 64.9 Å². The molecule has 2 aromatic heterocycles. The molecule has 1 aliphatic rings. The largest absolute Gasteiger partial charge is 0.315 e. The summed E-state index contributed by atoms with van der Waals surface area (Å²) in [7, 11) is 0. The lowest BCUT2D eigenvalue weighted by Crippen LogP contribution is -2.31. The fourth-order valence-electron chi connectivity index (χ4n) is 3.76. The van der Waals surface area contributed by atoms with E-state index in [-0.39, 0.29) is 18.5 Å². The van der Waals surface area contributed by atoms with Crippen LogP contribution in [-0.4, -0.2) is 12.5 Å². The molecule has 1 amide bonds. The zero-order chi connectivity index (χ0) is 20.2. The number of amides is 1. The number of nitriles is 1. The summed E-state index contributed by atoms with van der Waals surface area (Å²) in [5, 5.41) is 18.6. The first kappa shape index (κ1) is 19.8. The van der Waals surface area contributed by atoms with Crippen molar-refractivity contribution in [1.29, 1.82) is 5.26 Å². The van der Waals surface area contributed by atoms with Gasteiger partial charge in [0.2, 0.25) is 5.91 Å². The molecule has 0 fully saturated rings. The maximum atomic E-state index is 12.6. The van der Waals surface area contributed by atoms with E-state index >= 15 is 0 Å². The molecule has 0 saturated heterocycles. The number of nitrogens with one attached hydrogen (secondary N) is 2. The van der Waals surface area contributed by atoms with E-state index in [9.17, 15) is 10.1 Å². The molecule has 1 aromatic carbocycles. The molecule has 0 unspecified atom stereocenters. The molecule has 0 bridgehead atoms. The van der Waals surface area contributed by atoms with E-state index in [1.54, 1.807) is 22.7 Å². The van der Waals surface area contributed by atoms with Gasteiger partial charge < -0.3 is 5.32 Å². The van der Waals surface area contributed by atoms with E-state index in [1.807, 2.05) is 6.07 Å². The number of hydrogen-bond donors (Lipinski definition) is 2. The lowest BCUT2D eigenvalue weighted by Gasteiger charge is -2.18. The molecule has 4 nitrogen and oxygen atoms in total. The summed E-state index contributed by atoms with van der Waals surface area (Å²) in [5.74, 6) is -0.117. The molecule has 29 heavy (non-hydrogen) atoms. The number of anilines is 1. The highest BCUT2D eigenvalue weighted by atomic mass is 32.1. The van der Waals surface area contributed by atoms with Crippen molar-refractivity contribution in [2.24, 2.45) is 0 Å². The third-order valence-electron chi connectivity index (χ3n) is 5.30. The Morgan fingerprint density at radius 3 is 2.76 bits per heavy atom. The van der Waals surface area contributed by atoms with Crippen molar-refractivity contribution in [2.45, 2.75) is 38.6 Å². The second-order valence-corrected chi connectivity index (χ2v) is 9.23. The summed E-state index contributed by atoms with van der Waals surface area (Å²) in [6, 6.07) is 14.9. The molecule has 0 saturated carbocycles. The van der Waals surface area contributed by atoms with Crippen LogP contribution in [0.1, 0.15) is 51.4 Å². The number of carbonyl (C=O) groups is 1. The zero-order valence-electron chi connectivity index (χ0n) is 16.3. The smallest absolute Gasteiger partial charge is 0.238 e. The Labute approximate surface area is 179 Å². The van der Waals surface area contributed by atoms with Crippen LogP contribution >= 0.6 is 22.7 Å². The predicted octanol–water partition coefficient (Wildman–Crippen LogP) is 5.05. The second kappa shape index (κ2) is 8.91. The first-order valence-electron chi connectivity index (χ1n) is 9.89. The van der Waals surface area contributed by atoms with Crippen molar-refractivity contribution in [3.05, 3.63) is 73.8 Å². The molecule has 2 heterocycles. The minimum absolute atomic E-state index is 0.0320. The number of carbonyl (C=O) groups excluding carboxylic acids is 1. The maximum absolute atomic E-state index is 12.6. The van der Waals surface area contributed by atoms with Crippen LogP contribution in [0.15, 0.2) is 41.8 Å². The molecule has 0 spiro atoms. The summed E-state index contributed by atoms with van der Waals surface area (Å²) < 4.78 is 0. The van der Waals surface area contributed by atoms with Crippen molar-refractivity contribution < 1.29 is 4.79 Å². The van der Waals surface area contributed by atoms with Gasteiger partial charge >= 0.3 is 0 Å². The second-order valence-electron chi connectivity index (χ2n) is 7.15. The van der Waals surface area contributed by atoms with Crippen LogP contribution in [0.25, 0.3) is 0 Å². The number of nitrogens with zero attached hydrogens (tertiary/aromatic N) is 1. The molecule has 0 radical (unpaired) electrons. The zero-order valence-corrected chi connectivity index (χ0v) is 18.0. The van der Waals surface area contributed by atoms with Crippen LogP contribution in [0.3, 0.4) is 0 Å². The van der Waals surface area contributed by atoms with E-state index in [0.717, 1.165) is 36.8 Å². The SMILES string of the molecule is CCc1ccc([C@@H](NCC(=O)Nc2sc3c(c2C#N)CCC3)c2cccs2)cc1. The van der Waals surface area contributed by atoms with Gasteiger partial charge in [0.05, 0.1) is 18.2 Å². The van der Waals surface area contributed by atoms with Crippen LogP contribution in [-0.2, 0) is 24.1 Å². The van der Waals surface area contributed by atoms with Crippen LogP contribution < -0.4 is 10.6 Å². The van der Waals surface area contributed by atoms with Crippen LogP contribution in [0, 0.1) is 11.3 Å². The predicted molar refractivity (Wildman–Crippen MR) is 120 cm³/mol. The lowest BCUT2D eigenvalue weighted by atomic mass is 10.0. The Hall–Kier alpha value is -2.46. The Morgan fingerprint density at radius 2 is 2.07 bits per heavy atom. The van der Waals surface area contributed by atoms with Crippen molar-refractivity contribution >= 4 is 33.6 Å². The summed E-state index contributed by atoms with van der Waals surface area (Å²) in [5.41, 5.74) is 4.23. The first-order valence-corrected chi connectivity index (χ1v) is 11.6. The molecule has 3 aromatic rings. The Kier molecular flexibility index (Phi) is 6.10. The van der Waals surface area contributed by atoms with Crippen LogP contribution in [0.2, 0.25) is 0 Å². The molecular formula is C23H23N3OS2. The standard InChI is InChI=1S/C23H23N3OS2/c1-2-15-8-10-16(11-9-15)22(20-7-4-12-28-20)25-14-21(27)26-23-18(13-24)17-5-3-6-19(17)29-23/h4,7-12,22,25H,2-3,5-6,14H2,1H3,(H,26,27)/t22-/m1/s1. The van der Waals surface area contributed by atoms with Gasteiger partial charge in [-0.25, -0.2) is 0 Å². The van der Waals surface area contributed by atoms with Crippen molar-refractivity contribution in [3.63, 3.8) is 0 Å². The van der Waals surface area contributed by atoms with Gasteiger partial charge in [-0.05, 0) is 53.8 Å². The average molecular weight is 422 g/mol. The maximum Gasteiger partial charge on any atom is 0.238 e. The minimum atomic E-state index is -0.117. The summed E-state index contributed by atoms with van der Waals surface area (Å²) in [6.45, 7) is 2.33. The van der Waals surface area contributed by atoms with E-state index in [4.69, 9.17) is 0 Å². The highest BCUT2D eigenvalue weighted by Crippen LogP contribution is 2.38. The van der Waals surface area contributed by atoms with Gasteiger partial charge in [-0.3, -0.25) is 10.1 Å². The molecule has 148 valence electrons. The highest BCUT2D eigenvalue weighted by Gasteiger charge is 2.23. The number of rotatable bonds is 7. The van der Waals surface area contributed by atoms with E-state index < -0.39 is 0 Å². The number of aryl methyl sites for hydroxylation is 2. The molecule has 1 atom stereocenters. The van der Waals surface area contributed by atoms with Crippen LogP contribution in [0.4, 0.5) is 5.00 Å². The average Bonchev–Trinajstić information content (AvgIpc) is 3.46. The van der Waals surface area contributed by atoms with Gasteiger partial charge in [0, 0.05) is 9.75 Å². The van der Waals surface area contributed by atoms with Gasteiger partial charge in [-0.2, -0.15) is 5.26 Å². The van der Waals surface area contributed by atoms with E-state index in [0.29, 0.717) is 10.6 Å². The molecule has 0 aliphatic heterocycles. The minimum Gasteiger partial charge on any atom is -0.315 e. The van der Waals surface area contributed by atoms with Gasteiger partial charge in [-0.1, -0.05) is 37.3 Å². The van der Waals surface area contributed by atoms with Gasteiger partial charge in [0.25, 0.3) is 0 Å². The normalized spacial score (nSPS) is 13.7. The molecule has 2 N–H and O–H groups in total. The van der Waals surface area contributed by atoms with E-state index in [2.05, 4.69) is 59.3 Å². The van der Waals surface area contributed by atoms with E-state index in [1.165, 1.54) is 15.3 Å². The lowest BCUT2D eigenvalue weighted by molar-refractivity contribution is -0.115. The van der Waals surface area contributed by atoms with Crippen molar-refractivity contribution in [3.8, 4) is 6.07 Å². The highest BCUT2D eigenvalue weighted by molar-refractivity contribution is 7.16. The van der Waals surface area contributed by atoms with Gasteiger partial charge in [0.15, 0.2) is 0 Å². The summed E-state index contributed by atoms with van der Waals surface area (Å²) in [6.07, 6.45) is 4.06. The van der Waals surface area contributed by atoms with Crippen molar-refractivity contribution in [1.82, 2.24) is 5.32 Å². The molecule has 4 rings (SSSR count). The molecular weight excluding hydrogens is 398 g/mol. The monoisotopic (exact) mass is 421 g/mol. The van der Waals surface area contributed by atoms with Crippen LogP contribution in [0.5, 0.6) is 0 Å². The number of benzene rings is 1. The third kappa shape index (κ3) is 4.27. The first-order chi connectivity index (χ1) is 14.2. The summed E-state index contributed by atoms with van der Waals surface area (Å²) in [4.78, 5) is 15.1. The fourth-order valence-corrected chi connectivity index (χ4v) is 5.84. The quantitative estimate of drug-likeness (QED) is 0.561. The summed E-state index contributed by atoms with van der Waals surface area (Å²) >= 11 is 3.23. The van der Waals surface area contributed by atoms with Crippen molar-refractivity contribution in [2.75, 3.05) is 11.9 Å².